The van der Waals surface area contributed by atoms with Gasteiger partial charge in [-0.3, -0.25) is 0 Å². The number of aryl methyl sites for hydroxylation is 2. The number of benzene rings is 2. The number of rotatable bonds is 5. The fourth-order valence-electron chi connectivity index (χ4n) is 4.97. The highest BCUT2D eigenvalue weighted by Crippen LogP contribution is 2.44. The van der Waals surface area contributed by atoms with Gasteiger partial charge in [0.15, 0.2) is 0 Å². The van der Waals surface area contributed by atoms with Crippen LogP contribution < -0.4 is 0 Å². The molecular weight excluding hydrogens is 358 g/mol. The van der Waals surface area contributed by atoms with Crippen LogP contribution in [-0.2, 0) is 16.8 Å². The molecule has 0 amide bonds. The molecule has 2 aromatic carbocycles. The Morgan fingerprint density at radius 2 is 1.83 bits per heavy atom. The largest absolute Gasteiger partial charge is 0.396 e. The average Bonchev–Trinajstić information content (AvgIpc) is 3.06. The van der Waals surface area contributed by atoms with Crippen LogP contribution in [-0.4, -0.2) is 23.3 Å². The summed E-state index contributed by atoms with van der Waals surface area (Å²) in [6, 6.07) is 11.5. The second kappa shape index (κ2) is 7.62. The number of aromatic nitrogens is 1. The van der Waals surface area contributed by atoms with Crippen molar-refractivity contribution in [3.63, 3.8) is 0 Å². The van der Waals surface area contributed by atoms with Gasteiger partial charge in [0.2, 0.25) is 0 Å². The lowest BCUT2D eigenvalue weighted by atomic mass is 9.85. The standard InChI is InChI=1S/C26H33NO2/c1-6-26(8-9-28)25-21(7-10-29-26)23-15-19(16(2)3)14-22(24(23)27-25)20-12-17(4)11-18(5)13-20/h11-16,27-28H,6-10H2,1-5H3. The second-order valence-corrected chi connectivity index (χ2v) is 8.92. The maximum absolute atomic E-state index is 9.73. The minimum atomic E-state index is -0.418. The molecule has 0 aliphatic carbocycles. The maximum atomic E-state index is 9.73. The summed E-state index contributed by atoms with van der Waals surface area (Å²) in [5, 5.41) is 11.1. The van der Waals surface area contributed by atoms with Gasteiger partial charge in [0.1, 0.15) is 5.60 Å². The average molecular weight is 392 g/mol. The number of ether oxygens (including phenoxy) is 1. The van der Waals surface area contributed by atoms with E-state index in [9.17, 15) is 5.11 Å². The number of aliphatic hydroxyl groups excluding tert-OH is 1. The molecule has 1 aliphatic rings. The van der Waals surface area contributed by atoms with Gasteiger partial charge < -0.3 is 14.8 Å². The summed E-state index contributed by atoms with van der Waals surface area (Å²) in [6.45, 7) is 11.8. The summed E-state index contributed by atoms with van der Waals surface area (Å²) in [6.07, 6.45) is 2.39. The lowest BCUT2D eigenvalue weighted by Gasteiger charge is -2.36. The van der Waals surface area contributed by atoms with Gasteiger partial charge in [-0.1, -0.05) is 50.1 Å². The van der Waals surface area contributed by atoms with Gasteiger partial charge in [-0.25, -0.2) is 0 Å². The predicted molar refractivity (Wildman–Crippen MR) is 121 cm³/mol. The van der Waals surface area contributed by atoms with Crippen LogP contribution >= 0.6 is 0 Å². The van der Waals surface area contributed by atoms with Crippen molar-refractivity contribution in [3.8, 4) is 11.1 Å². The van der Waals surface area contributed by atoms with Crippen LogP contribution in [0.1, 0.15) is 67.5 Å². The number of fused-ring (bicyclic) bond motifs is 3. The van der Waals surface area contributed by atoms with Gasteiger partial charge in [0.25, 0.3) is 0 Å². The van der Waals surface area contributed by atoms with Crippen molar-refractivity contribution in [2.75, 3.05) is 13.2 Å². The molecule has 29 heavy (non-hydrogen) atoms. The second-order valence-electron chi connectivity index (χ2n) is 8.92. The van der Waals surface area contributed by atoms with E-state index in [0.717, 1.165) is 12.8 Å². The van der Waals surface area contributed by atoms with E-state index in [4.69, 9.17) is 4.74 Å². The molecule has 4 rings (SSSR count). The number of hydrogen-bond acceptors (Lipinski definition) is 2. The topological polar surface area (TPSA) is 45.2 Å². The number of aromatic amines is 1. The van der Waals surface area contributed by atoms with Crippen LogP contribution in [0.3, 0.4) is 0 Å². The highest BCUT2D eigenvalue weighted by molar-refractivity contribution is 5.98. The first-order chi connectivity index (χ1) is 13.9. The third-order valence-corrected chi connectivity index (χ3v) is 6.51. The van der Waals surface area contributed by atoms with E-state index in [0.29, 0.717) is 18.9 Å². The Balaban J connectivity index is 2.04. The Kier molecular flexibility index (Phi) is 5.30. The summed E-state index contributed by atoms with van der Waals surface area (Å²) >= 11 is 0. The third-order valence-electron chi connectivity index (χ3n) is 6.51. The van der Waals surface area contributed by atoms with Crippen LogP contribution in [0.15, 0.2) is 30.3 Å². The summed E-state index contributed by atoms with van der Waals surface area (Å²) in [7, 11) is 0. The fourth-order valence-corrected chi connectivity index (χ4v) is 4.97. The molecule has 2 N–H and O–H groups in total. The normalized spacial score (nSPS) is 19.1. The first-order valence-electron chi connectivity index (χ1n) is 10.9. The van der Waals surface area contributed by atoms with Crippen molar-refractivity contribution >= 4 is 10.9 Å². The molecule has 0 fully saturated rings. The third kappa shape index (κ3) is 3.41. The Hall–Kier alpha value is -2.10. The van der Waals surface area contributed by atoms with Gasteiger partial charge in [0, 0.05) is 24.0 Å². The molecular formula is C26H33NO2. The van der Waals surface area contributed by atoms with Gasteiger partial charge in [-0.05, 0) is 61.4 Å². The van der Waals surface area contributed by atoms with Crippen molar-refractivity contribution in [1.82, 2.24) is 4.98 Å². The van der Waals surface area contributed by atoms with E-state index in [1.807, 2.05) is 0 Å². The molecule has 154 valence electrons. The van der Waals surface area contributed by atoms with Crippen LogP contribution in [0.25, 0.3) is 22.0 Å². The summed E-state index contributed by atoms with van der Waals surface area (Å²) in [5.74, 6) is 0.461. The van der Waals surface area contributed by atoms with E-state index in [1.54, 1.807) is 0 Å². The molecule has 0 bridgehead atoms. The Morgan fingerprint density at radius 1 is 1.10 bits per heavy atom. The molecule has 3 nitrogen and oxygen atoms in total. The SMILES string of the molecule is CCC1(CCO)OCCc2c1[nH]c1c(-c3cc(C)cc(C)c3)cc(C(C)C)cc21. The number of nitrogens with one attached hydrogen (secondary N) is 1. The van der Waals surface area contributed by atoms with Crippen LogP contribution in [0.4, 0.5) is 0 Å². The molecule has 1 aliphatic heterocycles. The van der Waals surface area contributed by atoms with Crippen LogP contribution in [0, 0.1) is 13.8 Å². The molecule has 3 aromatic rings. The van der Waals surface area contributed by atoms with Crippen molar-refractivity contribution in [2.45, 2.75) is 65.4 Å². The number of aliphatic hydroxyl groups is 1. The molecule has 3 heteroatoms. The van der Waals surface area contributed by atoms with E-state index < -0.39 is 5.60 Å². The minimum Gasteiger partial charge on any atom is -0.396 e. The molecule has 1 aromatic heterocycles. The lowest BCUT2D eigenvalue weighted by Crippen LogP contribution is -2.36. The zero-order chi connectivity index (χ0) is 20.8. The summed E-state index contributed by atoms with van der Waals surface area (Å²) in [5.41, 5.74) is 9.78. The van der Waals surface area contributed by atoms with Crippen LogP contribution in [0.2, 0.25) is 0 Å². The van der Waals surface area contributed by atoms with Gasteiger partial charge in [-0.2, -0.15) is 0 Å². The zero-order valence-electron chi connectivity index (χ0n) is 18.4. The van der Waals surface area contributed by atoms with E-state index in [1.165, 1.54) is 50.0 Å². The molecule has 0 saturated carbocycles. The van der Waals surface area contributed by atoms with E-state index in [2.05, 4.69) is 69.9 Å². The van der Waals surface area contributed by atoms with Crippen molar-refractivity contribution in [3.05, 3.63) is 58.3 Å². The van der Waals surface area contributed by atoms with E-state index >= 15 is 0 Å². The van der Waals surface area contributed by atoms with Crippen LogP contribution in [0.5, 0.6) is 0 Å². The van der Waals surface area contributed by atoms with Crippen molar-refractivity contribution < 1.29 is 9.84 Å². The Labute approximate surface area is 174 Å². The molecule has 0 saturated heterocycles. The smallest absolute Gasteiger partial charge is 0.110 e. The highest BCUT2D eigenvalue weighted by atomic mass is 16.5. The fraction of sp³-hybridized carbons (Fsp3) is 0.462. The Bertz CT molecular complexity index is 1030. The van der Waals surface area contributed by atoms with Gasteiger partial charge in [0.05, 0.1) is 17.8 Å². The zero-order valence-corrected chi connectivity index (χ0v) is 18.4. The van der Waals surface area contributed by atoms with Gasteiger partial charge >= 0.3 is 0 Å². The summed E-state index contributed by atoms with van der Waals surface area (Å²) in [4.78, 5) is 3.78. The highest BCUT2D eigenvalue weighted by Gasteiger charge is 2.38. The molecule has 1 unspecified atom stereocenters. The quantitative estimate of drug-likeness (QED) is 0.549. The van der Waals surface area contributed by atoms with Crippen molar-refractivity contribution in [1.29, 1.82) is 0 Å². The lowest BCUT2D eigenvalue weighted by molar-refractivity contribution is -0.0795. The molecule has 0 spiro atoms. The minimum absolute atomic E-state index is 0.129. The summed E-state index contributed by atoms with van der Waals surface area (Å²) < 4.78 is 6.28. The van der Waals surface area contributed by atoms with Crippen molar-refractivity contribution in [2.24, 2.45) is 0 Å². The van der Waals surface area contributed by atoms with E-state index in [-0.39, 0.29) is 6.61 Å². The maximum Gasteiger partial charge on any atom is 0.110 e. The number of hydrogen-bond donors (Lipinski definition) is 2. The first-order valence-corrected chi connectivity index (χ1v) is 10.9. The first kappa shape index (κ1) is 20.2. The molecule has 2 heterocycles. The molecule has 0 radical (unpaired) electrons. The number of H-pyrrole nitrogens is 1. The Morgan fingerprint density at radius 3 is 2.45 bits per heavy atom. The van der Waals surface area contributed by atoms with Gasteiger partial charge in [-0.15, -0.1) is 0 Å². The monoisotopic (exact) mass is 391 g/mol. The predicted octanol–water partition coefficient (Wildman–Crippen LogP) is 6.14. The molecule has 1 atom stereocenters.